The molecule has 4 nitrogen and oxygen atoms in total. The standard InChI is InChI=1S/C13H12N2O2/c1-15-7-9(6-14-15)13(16)11-8-17-12-5-3-2-4-10(11)12/h2-7,11H,8H2,1H3. The summed E-state index contributed by atoms with van der Waals surface area (Å²) in [6.45, 7) is 0.424. The van der Waals surface area contributed by atoms with Gasteiger partial charge < -0.3 is 4.74 Å². The Hall–Kier alpha value is -2.10. The largest absolute Gasteiger partial charge is 0.492 e. The number of carbonyl (C=O) groups is 1. The highest BCUT2D eigenvalue weighted by Gasteiger charge is 2.31. The molecule has 1 aliphatic rings. The molecule has 0 amide bonds. The smallest absolute Gasteiger partial charge is 0.177 e. The molecule has 1 aromatic carbocycles. The van der Waals surface area contributed by atoms with Crippen molar-refractivity contribution in [3.8, 4) is 5.75 Å². The zero-order valence-electron chi connectivity index (χ0n) is 9.46. The van der Waals surface area contributed by atoms with Gasteiger partial charge in [-0.15, -0.1) is 0 Å². The van der Waals surface area contributed by atoms with Crippen molar-refractivity contribution in [3.63, 3.8) is 0 Å². The molecule has 0 fully saturated rings. The van der Waals surface area contributed by atoms with Crippen LogP contribution in [0.2, 0.25) is 0 Å². The minimum atomic E-state index is -0.199. The number of aromatic nitrogens is 2. The van der Waals surface area contributed by atoms with Crippen molar-refractivity contribution in [3.05, 3.63) is 47.8 Å². The maximum absolute atomic E-state index is 12.3. The van der Waals surface area contributed by atoms with E-state index in [0.29, 0.717) is 12.2 Å². The third kappa shape index (κ3) is 1.62. The lowest BCUT2D eigenvalue weighted by Gasteiger charge is -2.05. The van der Waals surface area contributed by atoms with Gasteiger partial charge in [0.25, 0.3) is 0 Å². The third-order valence-corrected chi connectivity index (χ3v) is 3.01. The number of fused-ring (bicyclic) bond motifs is 1. The predicted octanol–water partition coefficient (Wildman–Crippen LogP) is 1.78. The van der Waals surface area contributed by atoms with Gasteiger partial charge in [0, 0.05) is 18.8 Å². The van der Waals surface area contributed by atoms with Crippen LogP contribution in [0.15, 0.2) is 36.7 Å². The Labute approximate surface area is 98.8 Å². The molecular formula is C13H12N2O2. The summed E-state index contributed by atoms with van der Waals surface area (Å²) >= 11 is 0. The molecule has 86 valence electrons. The second kappa shape index (κ2) is 3.73. The van der Waals surface area contributed by atoms with Crippen LogP contribution < -0.4 is 4.74 Å². The molecule has 1 aliphatic heterocycles. The molecular weight excluding hydrogens is 216 g/mol. The maximum Gasteiger partial charge on any atom is 0.177 e. The summed E-state index contributed by atoms with van der Waals surface area (Å²) in [7, 11) is 1.80. The normalized spacial score (nSPS) is 17.6. The number of nitrogens with zero attached hydrogens (tertiary/aromatic N) is 2. The molecule has 0 spiro atoms. The average Bonchev–Trinajstić information content (AvgIpc) is 2.94. The SMILES string of the molecule is Cn1cc(C(=O)C2COc3ccccc32)cn1. The van der Waals surface area contributed by atoms with Gasteiger partial charge in [-0.2, -0.15) is 5.10 Å². The van der Waals surface area contributed by atoms with Gasteiger partial charge in [-0.3, -0.25) is 9.48 Å². The fourth-order valence-electron chi connectivity index (χ4n) is 2.13. The summed E-state index contributed by atoms with van der Waals surface area (Å²) in [5.74, 6) is 0.688. The molecule has 2 aromatic rings. The Balaban J connectivity index is 1.95. The number of benzene rings is 1. The van der Waals surface area contributed by atoms with Gasteiger partial charge in [0.2, 0.25) is 0 Å². The van der Waals surface area contributed by atoms with Crippen molar-refractivity contribution >= 4 is 5.78 Å². The first kappa shape index (κ1) is 10.1. The lowest BCUT2D eigenvalue weighted by molar-refractivity contribution is 0.0947. The Morgan fingerprint density at radius 1 is 1.47 bits per heavy atom. The van der Waals surface area contributed by atoms with E-state index in [4.69, 9.17) is 4.74 Å². The van der Waals surface area contributed by atoms with E-state index in [2.05, 4.69) is 5.10 Å². The number of Topliss-reactive ketones (excluding diaryl/α,β-unsaturated/α-hetero) is 1. The van der Waals surface area contributed by atoms with Crippen LogP contribution in [0.5, 0.6) is 5.75 Å². The van der Waals surface area contributed by atoms with Gasteiger partial charge in [0.05, 0.1) is 17.7 Å². The quantitative estimate of drug-likeness (QED) is 0.736. The summed E-state index contributed by atoms with van der Waals surface area (Å²) in [6, 6.07) is 7.68. The van der Waals surface area contributed by atoms with Gasteiger partial charge in [0.1, 0.15) is 12.4 Å². The fourth-order valence-corrected chi connectivity index (χ4v) is 2.13. The minimum Gasteiger partial charge on any atom is -0.492 e. The number of ketones is 1. The van der Waals surface area contributed by atoms with Gasteiger partial charge in [-0.25, -0.2) is 0 Å². The van der Waals surface area contributed by atoms with Gasteiger partial charge in [-0.05, 0) is 6.07 Å². The molecule has 0 N–H and O–H groups in total. The third-order valence-electron chi connectivity index (χ3n) is 3.01. The minimum absolute atomic E-state index is 0.0723. The zero-order valence-corrected chi connectivity index (χ0v) is 9.46. The predicted molar refractivity (Wildman–Crippen MR) is 62.2 cm³/mol. The van der Waals surface area contributed by atoms with Crippen molar-refractivity contribution < 1.29 is 9.53 Å². The van der Waals surface area contributed by atoms with E-state index >= 15 is 0 Å². The van der Waals surface area contributed by atoms with Crippen LogP contribution in [-0.2, 0) is 7.05 Å². The Morgan fingerprint density at radius 2 is 2.29 bits per heavy atom. The molecule has 1 unspecified atom stereocenters. The van der Waals surface area contributed by atoms with E-state index < -0.39 is 0 Å². The van der Waals surface area contributed by atoms with E-state index in [0.717, 1.165) is 11.3 Å². The van der Waals surface area contributed by atoms with Crippen LogP contribution in [0.3, 0.4) is 0 Å². The van der Waals surface area contributed by atoms with Crippen LogP contribution in [0.4, 0.5) is 0 Å². The molecule has 1 atom stereocenters. The zero-order chi connectivity index (χ0) is 11.8. The van der Waals surface area contributed by atoms with Crippen molar-refractivity contribution in [2.75, 3.05) is 6.61 Å². The highest BCUT2D eigenvalue weighted by atomic mass is 16.5. The molecule has 17 heavy (non-hydrogen) atoms. The van der Waals surface area contributed by atoms with E-state index in [-0.39, 0.29) is 11.7 Å². The second-order valence-corrected chi connectivity index (χ2v) is 4.17. The molecule has 4 heteroatoms. The number of hydrogen-bond acceptors (Lipinski definition) is 3. The van der Waals surface area contributed by atoms with Crippen molar-refractivity contribution in [1.29, 1.82) is 0 Å². The molecule has 0 aliphatic carbocycles. The van der Waals surface area contributed by atoms with Crippen LogP contribution in [0.25, 0.3) is 0 Å². The van der Waals surface area contributed by atoms with E-state index in [9.17, 15) is 4.79 Å². The molecule has 2 heterocycles. The highest BCUT2D eigenvalue weighted by molar-refractivity contribution is 6.01. The number of rotatable bonds is 2. The van der Waals surface area contributed by atoms with Crippen LogP contribution >= 0.6 is 0 Å². The Morgan fingerprint density at radius 3 is 3.06 bits per heavy atom. The highest BCUT2D eigenvalue weighted by Crippen LogP contribution is 2.35. The van der Waals surface area contributed by atoms with Gasteiger partial charge in [-0.1, -0.05) is 18.2 Å². The van der Waals surface area contributed by atoms with Gasteiger partial charge in [0.15, 0.2) is 5.78 Å². The monoisotopic (exact) mass is 228 g/mol. The molecule has 0 radical (unpaired) electrons. The summed E-state index contributed by atoms with van der Waals surface area (Å²) in [6.07, 6.45) is 3.34. The molecule has 1 aromatic heterocycles. The lowest BCUT2D eigenvalue weighted by atomic mass is 9.94. The first-order valence-corrected chi connectivity index (χ1v) is 5.50. The summed E-state index contributed by atoms with van der Waals surface area (Å²) < 4.78 is 7.15. The van der Waals surface area contributed by atoms with Crippen molar-refractivity contribution in [2.24, 2.45) is 7.05 Å². The van der Waals surface area contributed by atoms with Crippen molar-refractivity contribution in [1.82, 2.24) is 9.78 Å². The summed E-state index contributed by atoms with van der Waals surface area (Å²) in [5.41, 5.74) is 1.61. The van der Waals surface area contributed by atoms with Gasteiger partial charge >= 0.3 is 0 Å². The molecule has 0 saturated carbocycles. The fraction of sp³-hybridized carbons (Fsp3) is 0.231. The first-order valence-electron chi connectivity index (χ1n) is 5.50. The van der Waals surface area contributed by atoms with Crippen molar-refractivity contribution in [2.45, 2.75) is 5.92 Å². The molecule has 0 saturated heterocycles. The number of ether oxygens (including phenoxy) is 1. The summed E-state index contributed by atoms with van der Waals surface area (Å²) in [4.78, 5) is 12.3. The second-order valence-electron chi connectivity index (χ2n) is 4.17. The van der Waals surface area contributed by atoms with E-state index in [1.165, 1.54) is 0 Å². The van der Waals surface area contributed by atoms with Crippen LogP contribution in [0, 0.1) is 0 Å². The Bertz CT molecular complexity index is 574. The van der Waals surface area contributed by atoms with E-state index in [1.54, 1.807) is 24.1 Å². The van der Waals surface area contributed by atoms with Crippen LogP contribution in [0.1, 0.15) is 21.8 Å². The van der Waals surface area contributed by atoms with E-state index in [1.807, 2.05) is 24.3 Å². The van der Waals surface area contributed by atoms with Crippen LogP contribution in [-0.4, -0.2) is 22.2 Å². The summed E-state index contributed by atoms with van der Waals surface area (Å²) in [5, 5.41) is 4.02. The Kier molecular flexibility index (Phi) is 2.21. The number of carbonyl (C=O) groups excluding carboxylic acids is 1. The lowest BCUT2D eigenvalue weighted by Crippen LogP contribution is -2.13. The average molecular weight is 228 g/mol. The maximum atomic E-state index is 12.3. The number of hydrogen-bond donors (Lipinski definition) is 0. The first-order chi connectivity index (χ1) is 8.25. The molecule has 0 bridgehead atoms. The topological polar surface area (TPSA) is 44.1 Å². The number of aryl methyl sites for hydroxylation is 1. The number of para-hydroxylation sites is 1. The molecule has 3 rings (SSSR count).